The molecule has 1 aromatic carbocycles. The van der Waals surface area contributed by atoms with Gasteiger partial charge in [0.1, 0.15) is 5.82 Å². The van der Waals surface area contributed by atoms with E-state index < -0.39 is 0 Å². The lowest BCUT2D eigenvalue weighted by Crippen LogP contribution is -1.92. The summed E-state index contributed by atoms with van der Waals surface area (Å²) < 4.78 is 1.21. The molecule has 0 bridgehead atoms. The van der Waals surface area contributed by atoms with Crippen LogP contribution in [0, 0.1) is 3.57 Å². The molecule has 15 heavy (non-hydrogen) atoms. The van der Waals surface area contributed by atoms with Crippen LogP contribution in [0.4, 0.5) is 11.5 Å². The maximum absolute atomic E-state index is 5.74. The third kappa shape index (κ3) is 3.07. The zero-order valence-corrected chi connectivity index (χ0v) is 10.7. The van der Waals surface area contributed by atoms with Crippen LogP contribution in [-0.2, 0) is 0 Å². The Bertz CT molecular complexity index is 396. The molecule has 0 aliphatic carbocycles. The molecule has 1 aromatic heterocycles. The Hall–Kier alpha value is -0.810. The number of rotatable bonds is 2. The fourth-order valence-corrected chi connectivity index (χ4v) is 1.60. The van der Waals surface area contributed by atoms with E-state index in [-0.39, 0.29) is 0 Å². The van der Waals surface area contributed by atoms with E-state index in [0.29, 0.717) is 5.02 Å². The van der Waals surface area contributed by atoms with E-state index in [1.165, 1.54) is 3.57 Å². The monoisotopic (exact) mass is 330 g/mol. The fourth-order valence-electron chi connectivity index (χ4n) is 1.13. The highest BCUT2D eigenvalue weighted by Gasteiger charge is 1.95. The number of anilines is 2. The van der Waals surface area contributed by atoms with Crippen LogP contribution in [0.25, 0.3) is 0 Å². The molecule has 1 N–H and O–H groups in total. The quantitative estimate of drug-likeness (QED) is 0.839. The van der Waals surface area contributed by atoms with Crippen molar-refractivity contribution >= 4 is 45.7 Å². The standard InChI is InChI=1S/C11H8ClIN2/c12-8-1-6-11(14-7-8)15-10-4-2-9(13)3-5-10/h1-7H,(H,14,15). The lowest BCUT2D eigenvalue weighted by molar-refractivity contribution is 1.31. The Morgan fingerprint density at radius 2 is 1.80 bits per heavy atom. The van der Waals surface area contributed by atoms with Crippen molar-refractivity contribution < 1.29 is 0 Å². The van der Waals surface area contributed by atoms with Gasteiger partial charge >= 0.3 is 0 Å². The van der Waals surface area contributed by atoms with Gasteiger partial charge in [-0.05, 0) is 59.0 Å². The molecule has 0 amide bonds. The van der Waals surface area contributed by atoms with Crippen LogP contribution >= 0.6 is 34.2 Å². The van der Waals surface area contributed by atoms with Gasteiger partial charge in [-0.2, -0.15) is 0 Å². The lowest BCUT2D eigenvalue weighted by atomic mass is 10.3. The van der Waals surface area contributed by atoms with E-state index in [2.05, 4.69) is 32.9 Å². The third-order valence-electron chi connectivity index (χ3n) is 1.84. The van der Waals surface area contributed by atoms with Crippen molar-refractivity contribution in [3.8, 4) is 0 Å². The summed E-state index contributed by atoms with van der Waals surface area (Å²) in [6.45, 7) is 0. The van der Waals surface area contributed by atoms with Gasteiger partial charge < -0.3 is 5.32 Å². The summed E-state index contributed by atoms with van der Waals surface area (Å²) in [6.07, 6.45) is 1.62. The number of aromatic nitrogens is 1. The molecule has 0 radical (unpaired) electrons. The Morgan fingerprint density at radius 3 is 2.40 bits per heavy atom. The fraction of sp³-hybridized carbons (Fsp3) is 0. The predicted molar refractivity (Wildman–Crippen MR) is 71.7 cm³/mol. The summed E-state index contributed by atoms with van der Waals surface area (Å²) in [5.41, 5.74) is 1.02. The second-order valence-electron chi connectivity index (χ2n) is 2.99. The van der Waals surface area contributed by atoms with Gasteiger partial charge in [0, 0.05) is 15.5 Å². The van der Waals surface area contributed by atoms with Gasteiger partial charge in [-0.3, -0.25) is 0 Å². The molecular formula is C11H8ClIN2. The van der Waals surface area contributed by atoms with Gasteiger partial charge in [0.2, 0.25) is 0 Å². The molecule has 0 saturated carbocycles. The van der Waals surface area contributed by atoms with Gasteiger partial charge in [0.15, 0.2) is 0 Å². The average molecular weight is 331 g/mol. The molecule has 2 aromatic rings. The Morgan fingerprint density at radius 1 is 1.07 bits per heavy atom. The molecule has 4 heteroatoms. The van der Waals surface area contributed by atoms with Crippen LogP contribution < -0.4 is 5.32 Å². The van der Waals surface area contributed by atoms with Crippen molar-refractivity contribution in [1.82, 2.24) is 4.98 Å². The average Bonchev–Trinajstić information content (AvgIpc) is 2.25. The Kier molecular flexibility index (Phi) is 3.43. The van der Waals surface area contributed by atoms with Crippen LogP contribution in [0.2, 0.25) is 5.02 Å². The first-order valence-electron chi connectivity index (χ1n) is 4.38. The Labute approximate surface area is 107 Å². The smallest absolute Gasteiger partial charge is 0.130 e. The van der Waals surface area contributed by atoms with Crippen LogP contribution in [-0.4, -0.2) is 4.98 Å². The number of benzene rings is 1. The molecule has 0 spiro atoms. The van der Waals surface area contributed by atoms with E-state index in [4.69, 9.17) is 11.6 Å². The zero-order chi connectivity index (χ0) is 10.7. The zero-order valence-electron chi connectivity index (χ0n) is 7.74. The molecule has 0 saturated heterocycles. The normalized spacial score (nSPS) is 10.0. The van der Waals surface area contributed by atoms with Crippen molar-refractivity contribution in [2.24, 2.45) is 0 Å². The van der Waals surface area contributed by atoms with Gasteiger partial charge in [-0.15, -0.1) is 0 Å². The van der Waals surface area contributed by atoms with E-state index in [0.717, 1.165) is 11.5 Å². The van der Waals surface area contributed by atoms with Crippen molar-refractivity contribution in [2.45, 2.75) is 0 Å². The maximum Gasteiger partial charge on any atom is 0.130 e. The van der Waals surface area contributed by atoms with E-state index in [9.17, 15) is 0 Å². The molecule has 2 rings (SSSR count). The number of hydrogen-bond donors (Lipinski definition) is 1. The SMILES string of the molecule is Clc1ccc(Nc2ccc(I)cc2)nc1. The number of hydrogen-bond acceptors (Lipinski definition) is 2. The second-order valence-corrected chi connectivity index (χ2v) is 4.68. The molecule has 0 unspecified atom stereocenters. The lowest BCUT2D eigenvalue weighted by Gasteiger charge is -2.04. The minimum atomic E-state index is 0.642. The maximum atomic E-state index is 5.74. The molecule has 0 fully saturated rings. The van der Waals surface area contributed by atoms with Gasteiger partial charge in [0.05, 0.1) is 5.02 Å². The number of nitrogens with one attached hydrogen (secondary N) is 1. The van der Waals surface area contributed by atoms with Crippen LogP contribution in [0.1, 0.15) is 0 Å². The van der Waals surface area contributed by atoms with Crippen LogP contribution in [0.15, 0.2) is 42.6 Å². The van der Waals surface area contributed by atoms with Crippen LogP contribution in [0.3, 0.4) is 0 Å². The van der Waals surface area contributed by atoms with E-state index in [1.807, 2.05) is 36.4 Å². The molecule has 0 atom stereocenters. The summed E-state index contributed by atoms with van der Waals surface area (Å²) in [5.74, 6) is 0.792. The van der Waals surface area contributed by atoms with Crippen molar-refractivity contribution in [3.05, 3.63) is 51.2 Å². The minimum Gasteiger partial charge on any atom is -0.340 e. The number of halogens is 2. The molecule has 2 nitrogen and oxygen atoms in total. The van der Waals surface area contributed by atoms with E-state index >= 15 is 0 Å². The van der Waals surface area contributed by atoms with E-state index in [1.54, 1.807) is 6.20 Å². The molecule has 76 valence electrons. The minimum absolute atomic E-state index is 0.642. The molecular weight excluding hydrogens is 322 g/mol. The van der Waals surface area contributed by atoms with Gasteiger partial charge in [0.25, 0.3) is 0 Å². The number of nitrogens with zero attached hydrogens (tertiary/aromatic N) is 1. The number of pyridine rings is 1. The predicted octanol–water partition coefficient (Wildman–Crippen LogP) is 4.08. The summed E-state index contributed by atoms with van der Waals surface area (Å²) in [4.78, 5) is 4.15. The first-order valence-corrected chi connectivity index (χ1v) is 5.84. The molecule has 1 heterocycles. The topological polar surface area (TPSA) is 24.9 Å². The highest BCUT2D eigenvalue weighted by molar-refractivity contribution is 14.1. The second kappa shape index (κ2) is 4.81. The first-order chi connectivity index (χ1) is 7.24. The third-order valence-corrected chi connectivity index (χ3v) is 2.79. The summed E-state index contributed by atoms with van der Waals surface area (Å²) in [5, 5.41) is 3.83. The summed E-state index contributed by atoms with van der Waals surface area (Å²) in [6, 6.07) is 11.8. The highest BCUT2D eigenvalue weighted by atomic mass is 127. The molecule has 0 aliphatic heterocycles. The van der Waals surface area contributed by atoms with Crippen LogP contribution in [0.5, 0.6) is 0 Å². The summed E-state index contributed by atoms with van der Waals surface area (Å²) >= 11 is 8.02. The van der Waals surface area contributed by atoms with Gasteiger partial charge in [-0.1, -0.05) is 11.6 Å². The Balaban J connectivity index is 2.15. The first kappa shape index (κ1) is 10.7. The highest BCUT2D eigenvalue weighted by Crippen LogP contribution is 2.17. The summed E-state index contributed by atoms with van der Waals surface area (Å²) in [7, 11) is 0. The molecule has 0 aliphatic rings. The van der Waals surface area contributed by atoms with Crippen molar-refractivity contribution in [2.75, 3.05) is 5.32 Å². The van der Waals surface area contributed by atoms with Crippen molar-refractivity contribution in [1.29, 1.82) is 0 Å². The van der Waals surface area contributed by atoms with Gasteiger partial charge in [-0.25, -0.2) is 4.98 Å². The van der Waals surface area contributed by atoms with Crippen molar-refractivity contribution in [3.63, 3.8) is 0 Å². The largest absolute Gasteiger partial charge is 0.340 e.